The van der Waals surface area contributed by atoms with Crippen LogP contribution in [0.3, 0.4) is 0 Å². The number of benzene rings is 2. The number of carbonyl (C=O) groups excluding carboxylic acids is 3. The van der Waals surface area contributed by atoms with Crippen molar-refractivity contribution in [2.75, 3.05) is 0 Å². The summed E-state index contributed by atoms with van der Waals surface area (Å²) in [5, 5.41) is 0. The summed E-state index contributed by atoms with van der Waals surface area (Å²) in [6.07, 6.45) is 2.27. The Morgan fingerprint density at radius 1 is 0.657 bits per heavy atom. The number of hydrogen-bond donors (Lipinski definition) is 0. The minimum absolute atomic E-state index is 0.263. The molecule has 0 fully saturated rings. The monoisotopic (exact) mass is 514 g/mol. The van der Waals surface area contributed by atoms with Crippen molar-refractivity contribution in [3.05, 3.63) is 120 Å². The zero-order chi connectivity index (χ0) is 26.3. The molecule has 35 heavy (non-hydrogen) atoms. The average Bonchev–Trinajstić information content (AvgIpc) is 3.58. The average molecular weight is 514 g/mol. The molecule has 0 aliphatic heterocycles. The van der Waals surface area contributed by atoms with Gasteiger partial charge in [-0.25, -0.2) is 61.4 Å². The summed E-state index contributed by atoms with van der Waals surface area (Å²) in [5.74, 6) is -3.64. The molecule has 0 aliphatic rings. The van der Waals surface area contributed by atoms with Gasteiger partial charge in [-0.3, -0.25) is 0 Å². The third-order valence-corrected chi connectivity index (χ3v) is 3.13. The van der Waals surface area contributed by atoms with Gasteiger partial charge in [0.2, 0.25) is 12.2 Å². The van der Waals surface area contributed by atoms with Gasteiger partial charge < -0.3 is 0 Å². The van der Waals surface area contributed by atoms with Gasteiger partial charge in [0, 0.05) is 34.6 Å². The molecule has 0 heterocycles. The fraction of sp³-hybridized carbons (Fsp3) is 0. The van der Waals surface area contributed by atoms with Crippen LogP contribution < -0.4 is 0 Å². The van der Waals surface area contributed by atoms with E-state index in [0.717, 1.165) is 36.4 Å². The van der Waals surface area contributed by atoms with Crippen LogP contribution in [0, 0.1) is 35.4 Å². The summed E-state index contributed by atoms with van der Waals surface area (Å²) in [7, 11) is 0. The van der Waals surface area contributed by atoms with Crippen LogP contribution in [-0.4, -0.2) is 16.3 Å². The van der Waals surface area contributed by atoms with E-state index in [1.165, 1.54) is 24.2 Å². The largest absolute Gasteiger partial charge is 0.214 e. The first-order chi connectivity index (χ1) is 16.9. The van der Waals surface area contributed by atoms with Gasteiger partial charge >= 0.3 is 28.9 Å². The number of rotatable bonds is 2. The molecule has 0 bridgehead atoms. The Kier molecular flexibility index (Phi) is 18.1. The molecular formula is C25H14F4N2O3Ti-4. The SMILES string of the molecule is O=C=Nc1ccc(F)[c-]c1F.O=C=Nc1ccc(F)[c-]c1F.O=[C]=[Ti].c1cc[cH-]c1.c1cc[cH-]c1. The van der Waals surface area contributed by atoms with Gasteiger partial charge in [0.1, 0.15) is 0 Å². The van der Waals surface area contributed by atoms with Gasteiger partial charge in [-0.15, -0.1) is 36.4 Å². The van der Waals surface area contributed by atoms with E-state index in [1.807, 2.05) is 60.7 Å². The molecule has 0 amide bonds. The molecule has 0 radical (unpaired) electrons. The van der Waals surface area contributed by atoms with Crippen LogP contribution >= 0.6 is 0 Å². The third-order valence-electron chi connectivity index (χ3n) is 3.13. The molecule has 4 aromatic rings. The molecule has 10 heteroatoms. The van der Waals surface area contributed by atoms with Crippen LogP contribution in [-0.2, 0) is 34.4 Å². The maximum atomic E-state index is 12.5. The second kappa shape index (κ2) is 20.5. The van der Waals surface area contributed by atoms with E-state index in [4.69, 9.17) is 4.79 Å². The molecule has 5 nitrogen and oxygen atoms in total. The molecule has 0 atom stereocenters. The molecule has 0 aromatic heterocycles. The quantitative estimate of drug-likeness (QED) is 0.110. The first kappa shape index (κ1) is 30.9. The Labute approximate surface area is 209 Å². The van der Waals surface area contributed by atoms with Crippen LogP contribution in [0.5, 0.6) is 0 Å². The van der Waals surface area contributed by atoms with Crippen LogP contribution in [0.4, 0.5) is 28.9 Å². The van der Waals surface area contributed by atoms with E-state index in [9.17, 15) is 27.2 Å². The van der Waals surface area contributed by atoms with Crippen molar-refractivity contribution < 1.29 is 51.9 Å². The van der Waals surface area contributed by atoms with Gasteiger partial charge in [-0.05, 0) is 0 Å². The third kappa shape index (κ3) is 16.2. The maximum absolute atomic E-state index is 12.5. The van der Waals surface area contributed by atoms with Crippen LogP contribution in [0.15, 0.2) is 94.9 Å². The van der Waals surface area contributed by atoms with Crippen LogP contribution in [0.25, 0.3) is 0 Å². The second-order valence-electron chi connectivity index (χ2n) is 5.44. The number of isocyanates is 2. The Balaban J connectivity index is 0.000000446. The van der Waals surface area contributed by atoms with Gasteiger partial charge in [-0.2, -0.15) is 36.4 Å². The van der Waals surface area contributed by atoms with Crippen molar-refractivity contribution in [1.29, 1.82) is 0 Å². The van der Waals surface area contributed by atoms with Crippen LogP contribution in [0.1, 0.15) is 0 Å². The number of nitrogens with zero attached hydrogens (tertiary/aromatic N) is 2. The maximum Gasteiger partial charge on any atom is -0.172 e. The van der Waals surface area contributed by atoms with E-state index in [2.05, 4.69) is 9.98 Å². The Morgan fingerprint density at radius 3 is 1.17 bits per heavy atom. The minimum atomic E-state index is -0.992. The first-order valence-corrected chi connectivity index (χ1v) is 9.95. The smallest absolute Gasteiger partial charge is 0.172 e. The topological polar surface area (TPSA) is 75.9 Å². The predicted octanol–water partition coefficient (Wildman–Crippen LogP) is 5.88. The molecule has 0 unspecified atom stereocenters. The first-order valence-electron chi connectivity index (χ1n) is 9.17. The van der Waals surface area contributed by atoms with Crippen molar-refractivity contribution in [3.8, 4) is 0 Å². The van der Waals surface area contributed by atoms with Gasteiger partial charge in [-0.1, -0.05) is 0 Å². The minimum Gasteiger partial charge on any atom is -0.214 e. The summed E-state index contributed by atoms with van der Waals surface area (Å²) < 4.78 is 50.7. The fourth-order valence-corrected chi connectivity index (χ4v) is 1.78. The summed E-state index contributed by atoms with van der Waals surface area (Å²) in [6.45, 7) is 0. The van der Waals surface area contributed by atoms with E-state index >= 15 is 0 Å². The molecule has 0 saturated carbocycles. The van der Waals surface area contributed by atoms with E-state index in [-0.39, 0.29) is 11.4 Å². The fourth-order valence-electron chi connectivity index (χ4n) is 1.78. The zero-order valence-corrected chi connectivity index (χ0v) is 19.3. The van der Waals surface area contributed by atoms with Crippen LogP contribution in [0.2, 0.25) is 0 Å². The Bertz CT molecular complexity index is 1100. The van der Waals surface area contributed by atoms with E-state index in [1.54, 1.807) is 12.1 Å². The molecule has 4 aromatic carbocycles. The number of halogens is 4. The molecular weight excluding hydrogens is 500 g/mol. The Morgan fingerprint density at radius 2 is 0.971 bits per heavy atom. The van der Waals surface area contributed by atoms with Gasteiger partial charge in [0.15, 0.2) is 0 Å². The number of aliphatic imine (C=N–C) groups is 2. The van der Waals surface area contributed by atoms with Crippen molar-refractivity contribution in [3.63, 3.8) is 0 Å². The standard InChI is InChI=1S/2C7H2F2NO.2C5H5.CO.Ti/c2*8-5-1-2-7(10-4-11)6(9)3-5;2*1-2-4-5-3-1;1-2;/h2*1-2H;2*1-5H;;/q4*-1;;. The molecule has 0 saturated heterocycles. The van der Waals surface area contributed by atoms with Crippen molar-refractivity contribution in [2.45, 2.75) is 0 Å². The van der Waals surface area contributed by atoms with Gasteiger partial charge in [0.05, 0.1) is 0 Å². The van der Waals surface area contributed by atoms with E-state index in [0.29, 0.717) is 0 Å². The predicted molar refractivity (Wildman–Crippen MR) is 116 cm³/mol. The molecule has 4 rings (SSSR count). The van der Waals surface area contributed by atoms with Crippen molar-refractivity contribution in [2.24, 2.45) is 9.98 Å². The zero-order valence-electron chi connectivity index (χ0n) is 17.7. The second-order valence-corrected chi connectivity index (χ2v) is 5.76. The Hall–Kier alpha value is -4.09. The van der Waals surface area contributed by atoms with Gasteiger partial charge in [0.25, 0.3) is 0 Å². The summed E-state index contributed by atoms with van der Waals surface area (Å²) in [4.78, 5) is 33.9. The molecule has 178 valence electrons. The molecule has 0 aliphatic carbocycles. The van der Waals surface area contributed by atoms with Crippen molar-refractivity contribution >= 4 is 27.7 Å². The number of hydrogen-bond acceptors (Lipinski definition) is 5. The summed E-state index contributed by atoms with van der Waals surface area (Å²) in [5.41, 5.74) is -0.525. The molecule has 0 spiro atoms. The van der Waals surface area contributed by atoms with Crippen molar-refractivity contribution in [1.82, 2.24) is 0 Å². The summed E-state index contributed by atoms with van der Waals surface area (Å²) >= 11 is 1.32. The van der Waals surface area contributed by atoms with E-state index < -0.39 is 23.3 Å². The summed E-state index contributed by atoms with van der Waals surface area (Å²) in [6, 6.07) is 27.4. The normalized spacial score (nSPS) is 8.09. The molecule has 0 N–H and O–H groups in total.